The van der Waals surface area contributed by atoms with Gasteiger partial charge in [0.25, 0.3) is 0 Å². The summed E-state index contributed by atoms with van der Waals surface area (Å²) in [5.74, 6) is -1.03. The van der Waals surface area contributed by atoms with Crippen LogP contribution in [-0.4, -0.2) is 17.6 Å². The highest BCUT2D eigenvalue weighted by Crippen LogP contribution is 2.29. The number of piperidine rings is 1. The maximum atomic E-state index is 12.5. The molecule has 0 bridgehead atoms. The third-order valence-electron chi connectivity index (χ3n) is 4.11. The molecule has 2 amide bonds. The summed E-state index contributed by atoms with van der Waals surface area (Å²) in [6.07, 6.45) is 0.886. The van der Waals surface area contributed by atoms with Gasteiger partial charge in [0.05, 0.1) is 0 Å². The number of nitrogen functional groups attached to an aromatic ring is 1. The lowest BCUT2D eigenvalue weighted by molar-refractivity contribution is -0.139. The Morgan fingerprint density at radius 2 is 1.90 bits per heavy atom. The number of hydrogen-bond donors (Lipinski definition) is 2. The SMILES string of the molecule is CC(C)(C(=O)CC1CCC(=O)NC1=O)c1ccc(N)cc1. The van der Waals surface area contributed by atoms with E-state index >= 15 is 0 Å². The summed E-state index contributed by atoms with van der Waals surface area (Å²) in [6, 6.07) is 7.18. The van der Waals surface area contributed by atoms with E-state index in [-0.39, 0.29) is 24.0 Å². The fraction of sp³-hybridized carbons (Fsp3) is 0.438. The summed E-state index contributed by atoms with van der Waals surface area (Å²) in [4.78, 5) is 35.4. The zero-order valence-electron chi connectivity index (χ0n) is 12.3. The van der Waals surface area contributed by atoms with Crippen LogP contribution in [0.25, 0.3) is 0 Å². The predicted octanol–water partition coefficient (Wildman–Crippen LogP) is 1.56. The molecule has 1 aromatic rings. The van der Waals surface area contributed by atoms with Gasteiger partial charge in [-0.15, -0.1) is 0 Å². The number of Topliss-reactive ketones (excluding diaryl/α,β-unsaturated/α-hetero) is 1. The third kappa shape index (κ3) is 3.29. The first-order chi connectivity index (χ1) is 9.80. The monoisotopic (exact) mass is 288 g/mol. The minimum atomic E-state index is -0.685. The van der Waals surface area contributed by atoms with Crippen molar-refractivity contribution in [2.75, 3.05) is 5.73 Å². The maximum absolute atomic E-state index is 12.5. The number of anilines is 1. The Morgan fingerprint density at radius 1 is 1.29 bits per heavy atom. The first-order valence-corrected chi connectivity index (χ1v) is 7.03. The van der Waals surface area contributed by atoms with Gasteiger partial charge in [-0.2, -0.15) is 0 Å². The number of amides is 2. The van der Waals surface area contributed by atoms with Gasteiger partial charge < -0.3 is 5.73 Å². The molecule has 5 heteroatoms. The lowest BCUT2D eigenvalue weighted by atomic mass is 9.76. The molecule has 0 spiro atoms. The van der Waals surface area contributed by atoms with E-state index in [9.17, 15) is 14.4 Å². The van der Waals surface area contributed by atoms with Crippen LogP contribution in [0, 0.1) is 5.92 Å². The molecular formula is C16H20N2O3. The van der Waals surface area contributed by atoms with Crippen molar-refractivity contribution >= 4 is 23.3 Å². The Hall–Kier alpha value is -2.17. The summed E-state index contributed by atoms with van der Waals surface area (Å²) in [7, 11) is 0. The molecule has 1 atom stereocenters. The molecular weight excluding hydrogens is 268 g/mol. The summed E-state index contributed by atoms with van der Waals surface area (Å²) in [6.45, 7) is 3.68. The highest BCUT2D eigenvalue weighted by Gasteiger charge is 2.35. The zero-order valence-corrected chi connectivity index (χ0v) is 12.3. The van der Waals surface area contributed by atoms with Crippen LogP contribution in [0.4, 0.5) is 5.69 Å². The first kappa shape index (κ1) is 15.2. The molecule has 1 aliphatic rings. The second-order valence-electron chi connectivity index (χ2n) is 6.02. The largest absolute Gasteiger partial charge is 0.399 e. The molecule has 5 nitrogen and oxygen atoms in total. The van der Waals surface area contributed by atoms with Crippen LogP contribution in [0.2, 0.25) is 0 Å². The molecule has 1 fully saturated rings. The smallest absolute Gasteiger partial charge is 0.230 e. The topological polar surface area (TPSA) is 89.3 Å². The number of imide groups is 1. The molecule has 112 valence electrons. The average Bonchev–Trinajstić information content (AvgIpc) is 2.42. The molecule has 1 saturated heterocycles. The molecule has 1 aliphatic heterocycles. The van der Waals surface area contributed by atoms with E-state index in [0.29, 0.717) is 18.5 Å². The summed E-state index contributed by atoms with van der Waals surface area (Å²) < 4.78 is 0. The Bertz CT molecular complexity index is 576. The van der Waals surface area contributed by atoms with Gasteiger partial charge in [-0.3, -0.25) is 19.7 Å². The fourth-order valence-corrected chi connectivity index (χ4v) is 2.47. The standard InChI is InChI=1S/C16H20N2O3/c1-16(2,11-4-6-12(17)7-5-11)13(19)9-10-3-8-14(20)18-15(10)21/h4-7,10H,3,8-9,17H2,1-2H3,(H,18,20,21). The van der Waals surface area contributed by atoms with E-state index in [4.69, 9.17) is 5.73 Å². The van der Waals surface area contributed by atoms with Crippen molar-refractivity contribution in [3.8, 4) is 0 Å². The number of carbonyl (C=O) groups is 3. The molecule has 1 heterocycles. The third-order valence-corrected chi connectivity index (χ3v) is 4.11. The van der Waals surface area contributed by atoms with Crippen LogP contribution in [0.3, 0.4) is 0 Å². The van der Waals surface area contributed by atoms with Gasteiger partial charge in [0, 0.05) is 29.9 Å². The molecule has 21 heavy (non-hydrogen) atoms. The van der Waals surface area contributed by atoms with Gasteiger partial charge in [-0.05, 0) is 38.0 Å². The summed E-state index contributed by atoms with van der Waals surface area (Å²) in [5, 5.41) is 2.29. The van der Waals surface area contributed by atoms with Gasteiger partial charge in [-0.1, -0.05) is 12.1 Å². The Labute approximate surface area is 123 Å². The minimum absolute atomic E-state index is 0.0122. The van der Waals surface area contributed by atoms with Crippen molar-refractivity contribution in [2.45, 2.75) is 38.5 Å². The lowest BCUT2D eigenvalue weighted by Crippen LogP contribution is -2.43. The van der Waals surface area contributed by atoms with E-state index in [1.165, 1.54) is 0 Å². The Balaban J connectivity index is 2.10. The van der Waals surface area contributed by atoms with E-state index in [1.54, 1.807) is 12.1 Å². The van der Waals surface area contributed by atoms with Crippen molar-refractivity contribution in [1.29, 1.82) is 0 Å². The van der Waals surface area contributed by atoms with Crippen LogP contribution < -0.4 is 11.1 Å². The summed E-state index contributed by atoms with van der Waals surface area (Å²) >= 11 is 0. The van der Waals surface area contributed by atoms with Gasteiger partial charge in [0.15, 0.2) is 0 Å². The molecule has 3 N–H and O–H groups in total. The highest BCUT2D eigenvalue weighted by atomic mass is 16.2. The number of rotatable bonds is 4. The van der Waals surface area contributed by atoms with Crippen molar-refractivity contribution in [3.63, 3.8) is 0 Å². The van der Waals surface area contributed by atoms with Gasteiger partial charge in [-0.25, -0.2) is 0 Å². The normalized spacial score (nSPS) is 19.2. The second kappa shape index (κ2) is 5.68. The van der Waals surface area contributed by atoms with Crippen molar-refractivity contribution < 1.29 is 14.4 Å². The molecule has 1 aromatic carbocycles. The van der Waals surface area contributed by atoms with Crippen molar-refractivity contribution in [3.05, 3.63) is 29.8 Å². The quantitative estimate of drug-likeness (QED) is 0.650. The number of nitrogens with two attached hydrogens (primary N) is 1. The molecule has 0 aliphatic carbocycles. The average molecular weight is 288 g/mol. The van der Waals surface area contributed by atoms with E-state index in [1.807, 2.05) is 26.0 Å². The van der Waals surface area contributed by atoms with Crippen LogP contribution in [-0.2, 0) is 19.8 Å². The number of benzene rings is 1. The van der Waals surface area contributed by atoms with E-state index in [0.717, 1.165) is 5.56 Å². The fourth-order valence-electron chi connectivity index (χ4n) is 2.47. The Kier molecular flexibility index (Phi) is 4.11. The highest BCUT2D eigenvalue weighted by molar-refractivity contribution is 6.01. The zero-order chi connectivity index (χ0) is 15.6. The van der Waals surface area contributed by atoms with E-state index in [2.05, 4.69) is 5.32 Å². The minimum Gasteiger partial charge on any atom is -0.399 e. The second-order valence-corrected chi connectivity index (χ2v) is 6.02. The molecule has 1 unspecified atom stereocenters. The van der Waals surface area contributed by atoms with Crippen molar-refractivity contribution in [1.82, 2.24) is 5.32 Å². The summed E-state index contributed by atoms with van der Waals surface area (Å²) in [5.41, 5.74) is 6.49. The predicted molar refractivity (Wildman–Crippen MR) is 79.4 cm³/mol. The molecule has 0 aromatic heterocycles. The van der Waals surface area contributed by atoms with Crippen molar-refractivity contribution in [2.24, 2.45) is 5.92 Å². The molecule has 2 rings (SSSR count). The molecule has 0 radical (unpaired) electrons. The first-order valence-electron chi connectivity index (χ1n) is 7.03. The number of nitrogens with one attached hydrogen (secondary N) is 1. The van der Waals surface area contributed by atoms with E-state index < -0.39 is 11.3 Å². The van der Waals surface area contributed by atoms with Crippen LogP contribution >= 0.6 is 0 Å². The maximum Gasteiger partial charge on any atom is 0.230 e. The number of hydrogen-bond acceptors (Lipinski definition) is 4. The Morgan fingerprint density at radius 3 is 2.48 bits per heavy atom. The lowest BCUT2D eigenvalue weighted by Gasteiger charge is -2.27. The number of carbonyl (C=O) groups excluding carboxylic acids is 3. The van der Waals surface area contributed by atoms with Crippen LogP contribution in [0.1, 0.15) is 38.7 Å². The number of ketones is 1. The van der Waals surface area contributed by atoms with Gasteiger partial charge in [0.1, 0.15) is 5.78 Å². The van der Waals surface area contributed by atoms with Gasteiger partial charge in [0.2, 0.25) is 11.8 Å². The van der Waals surface area contributed by atoms with Crippen LogP contribution in [0.5, 0.6) is 0 Å². The van der Waals surface area contributed by atoms with Gasteiger partial charge >= 0.3 is 0 Å². The molecule has 0 saturated carbocycles. The van der Waals surface area contributed by atoms with Crippen LogP contribution in [0.15, 0.2) is 24.3 Å².